The van der Waals surface area contributed by atoms with Gasteiger partial charge in [-0.1, -0.05) is 23.9 Å². The number of aromatic nitrogens is 2. The van der Waals surface area contributed by atoms with Crippen LogP contribution in [0.15, 0.2) is 47.6 Å². The number of ether oxygens (including phenoxy) is 2. The lowest BCUT2D eigenvalue weighted by atomic mass is 10.2. The van der Waals surface area contributed by atoms with E-state index in [1.807, 2.05) is 24.3 Å². The molecule has 23 heavy (non-hydrogen) atoms. The number of carbonyl (C=O) groups excluding carboxylic acids is 1. The number of fused-ring (bicyclic) bond motifs is 1. The molecule has 2 aromatic carbocycles. The average Bonchev–Trinajstić information content (AvgIpc) is 3.01. The van der Waals surface area contributed by atoms with Crippen LogP contribution in [0.4, 0.5) is 0 Å². The fraction of sp³-hybridized carbons (Fsp3) is 0.176. The highest BCUT2D eigenvalue weighted by Crippen LogP contribution is 2.28. The SMILES string of the molecule is COc1cc(C=O)ccc1OCCSc1nc2ccccc2[nH]1. The Labute approximate surface area is 138 Å². The second-order valence-electron chi connectivity index (χ2n) is 4.78. The molecule has 1 heterocycles. The molecule has 0 aliphatic rings. The minimum atomic E-state index is 0.512. The summed E-state index contributed by atoms with van der Waals surface area (Å²) in [5.74, 6) is 1.94. The molecule has 0 saturated carbocycles. The quantitative estimate of drug-likeness (QED) is 0.408. The second-order valence-corrected chi connectivity index (χ2v) is 5.87. The van der Waals surface area contributed by atoms with E-state index < -0.39 is 0 Å². The van der Waals surface area contributed by atoms with Crippen molar-refractivity contribution < 1.29 is 14.3 Å². The van der Waals surface area contributed by atoms with Crippen molar-refractivity contribution in [1.82, 2.24) is 9.97 Å². The zero-order valence-corrected chi connectivity index (χ0v) is 13.4. The van der Waals surface area contributed by atoms with Crippen LogP contribution in [-0.4, -0.2) is 35.7 Å². The fourth-order valence-electron chi connectivity index (χ4n) is 2.16. The summed E-state index contributed by atoms with van der Waals surface area (Å²) < 4.78 is 11.0. The van der Waals surface area contributed by atoms with E-state index in [2.05, 4.69) is 9.97 Å². The summed E-state index contributed by atoms with van der Waals surface area (Å²) >= 11 is 1.60. The van der Waals surface area contributed by atoms with Crippen LogP contribution < -0.4 is 9.47 Å². The molecule has 0 fully saturated rings. The predicted molar refractivity (Wildman–Crippen MR) is 90.7 cm³/mol. The van der Waals surface area contributed by atoms with Gasteiger partial charge in [-0.2, -0.15) is 0 Å². The number of hydrogen-bond acceptors (Lipinski definition) is 5. The van der Waals surface area contributed by atoms with Gasteiger partial charge in [0.15, 0.2) is 16.7 Å². The first-order valence-corrected chi connectivity index (χ1v) is 8.12. The van der Waals surface area contributed by atoms with E-state index in [1.165, 1.54) is 0 Å². The summed E-state index contributed by atoms with van der Waals surface area (Å²) in [6, 6.07) is 13.0. The number of H-pyrrole nitrogens is 1. The lowest BCUT2D eigenvalue weighted by Crippen LogP contribution is -2.02. The molecule has 0 aliphatic carbocycles. The first-order chi connectivity index (χ1) is 11.3. The van der Waals surface area contributed by atoms with Crippen molar-refractivity contribution >= 4 is 29.1 Å². The number of imidazole rings is 1. The molecule has 1 aromatic heterocycles. The maximum atomic E-state index is 10.8. The van der Waals surface area contributed by atoms with E-state index in [-0.39, 0.29) is 0 Å². The largest absolute Gasteiger partial charge is 0.493 e. The number of nitrogens with one attached hydrogen (secondary N) is 1. The molecule has 3 aromatic rings. The molecule has 0 spiro atoms. The molecule has 0 radical (unpaired) electrons. The van der Waals surface area contributed by atoms with Gasteiger partial charge in [-0.3, -0.25) is 4.79 Å². The molecule has 5 nitrogen and oxygen atoms in total. The van der Waals surface area contributed by atoms with Crippen LogP contribution in [-0.2, 0) is 0 Å². The molecule has 0 amide bonds. The first kappa shape index (κ1) is 15.4. The Bertz CT molecular complexity index is 783. The molecule has 118 valence electrons. The number of methoxy groups -OCH3 is 1. The molecular formula is C17H16N2O3S. The summed E-state index contributed by atoms with van der Waals surface area (Å²) in [6.07, 6.45) is 0.781. The van der Waals surface area contributed by atoms with E-state index in [9.17, 15) is 4.79 Å². The lowest BCUT2D eigenvalue weighted by Gasteiger charge is -2.10. The summed E-state index contributed by atoms with van der Waals surface area (Å²) in [5.41, 5.74) is 2.55. The number of thioether (sulfide) groups is 1. The Morgan fingerprint density at radius 3 is 2.87 bits per heavy atom. The molecule has 6 heteroatoms. The predicted octanol–water partition coefficient (Wildman–Crippen LogP) is 3.56. The van der Waals surface area contributed by atoms with E-state index in [0.717, 1.165) is 28.2 Å². The minimum Gasteiger partial charge on any atom is -0.493 e. The van der Waals surface area contributed by atoms with Crippen LogP contribution in [0.25, 0.3) is 11.0 Å². The molecule has 0 unspecified atom stereocenters. The highest BCUT2D eigenvalue weighted by atomic mass is 32.2. The zero-order valence-electron chi connectivity index (χ0n) is 12.6. The van der Waals surface area contributed by atoms with Gasteiger partial charge in [0, 0.05) is 11.3 Å². The van der Waals surface area contributed by atoms with Crippen molar-refractivity contribution in [1.29, 1.82) is 0 Å². The third-order valence-electron chi connectivity index (χ3n) is 3.27. The Morgan fingerprint density at radius 2 is 2.09 bits per heavy atom. The molecule has 0 bridgehead atoms. The van der Waals surface area contributed by atoms with Crippen molar-refractivity contribution in [3.05, 3.63) is 48.0 Å². The molecule has 0 atom stereocenters. The topological polar surface area (TPSA) is 64.2 Å². The van der Waals surface area contributed by atoms with Crippen molar-refractivity contribution in [2.24, 2.45) is 0 Å². The number of aldehydes is 1. The highest BCUT2D eigenvalue weighted by molar-refractivity contribution is 7.99. The Balaban J connectivity index is 1.56. The third kappa shape index (κ3) is 3.65. The molecule has 3 rings (SSSR count). The summed E-state index contributed by atoms with van der Waals surface area (Å²) in [7, 11) is 1.56. The Hall–Kier alpha value is -2.47. The first-order valence-electron chi connectivity index (χ1n) is 7.13. The maximum Gasteiger partial charge on any atom is 0.166 e. The highest BCUT2D eigenvalue weighted by Gasteiger charge is 2.06. The van der Waals surface area contributed by atoms with Crippen LogP contribution >= 0.6 is 11.8 Å². The number of nitrogens with zero attached hydrogens (tertiary/aromatic N) is 1. The Kier molecular flexibility index (Phi) is 4.83. The van der Waals surface area contributed by atoms with E-state index in [1.54, 1.807) is 37.1 Å². The molecule has 0 saturated heterocycles. The number of hydrogen-bond donors (Lipinski definition) is 1. The van der Waals surface area contributed by atoms with E-state index in [0.29, 0.717) is 23.7 Å². The van der Waals surface area contributed by atoms with E-state index >= 15 is 0 Å². The fourth-order valence-corrected chi connectivity index (χ4v) is 2.87. The number of aromatic amines is 1. The van der Waals surface area contributed by atoms with Gasteiger partial charge >= 0.3 is 0 Å². The third-order valence-corrected chi connectivity index (χ3v) is 4.11. The zero-order chi connectivity index (χ0) is 16.1. The van der Waals surface area contributed by atoms with Crippen LogP contribution in [0.3, 0.4) is 0 Å². The van der Waals surface area contributed by atoms with Gasteiger partial charge in [0.05, 0.1) is 24.8 Å². The molecule has 0 aliphatic heterocycles. The van der Waals surface area contributed by atoms with Gasteiger partial charge in [0.1, 0.15) is 6.29 Å². The monoisotopic (exact) mass is 328 g/mol. The van der Waals surface area contributed by atoms with Crippen LogP contribution in [0.1, 0.15) is 10.4 Å². The number of rotatable bonds is 7. The maximum absolute atomic E-state index is 10.8. The van der Waals surface area contributed by atoms with Crippen LogP contribution in [0, 0.1) is 0 Å². The molecular weight excluding hydrogens is 312 g/mol. The smallest absolute Gasteiger partial charge is 0.166 e. The van der Waals surface area contributed by atoms with Gasteiger partial charge in [-0.15, -0.1) is 0 Å². The molecule has 1 N–H and O–H groups in total. The van der Waals surface area contributed by atoms with Gasteiger partial charge in [0.25, 0.3) is 0 Å². The number of para-hydroxylation sites is 2. The van der Waals surface area contributed by atoms with Gasteiger partial charge in [0.2, 0.25) is 0 Å². The second kappa shape index (κ2) is 7.19. The van der Waals surface area contributed by atoms with Gasteiger partial charge < -0.3 is 14.5 Å². The van der Waals surface area contributed by atoms with Gasteiger partial charge in [-0.25, -0.2) is 4.98 Å². The van der Waals surface area contributed by atoms with Crippen molar-refractivity contribution in [2.75, 3.05) is 19.5 Å². The summed E-state index contributed by atoms with van der Waals surface area (Å²) in [4.78, 5) is 18.5. The minimum absolute atomic E-state index is 0.512. The average molecular weight is 328 g/mol. The standard InChI is InChI=1S/C17H16N2O3S/c1-21-16-10-12(11-20)6-7-15(16)22-8-9-23-17-18-13-4-2-3-5-14(13)19-17/h2-7,10-11H,8-9H2,1H3,(H,18,19). The Morgan fingerprint density at radius 1 is 1.22 bits per heavy atom. The van der Waals surface area contributed by atoms with Crippen LogP contribution in [0.2, 0.25) is 0 Å². The number of carbonyl (C=O) groups is 1. The van der Waals surface area contributed by atoms with Crippen molar-refractivity contribution in [3.8, 4) is 11.5 Å². The summed E-state index contributed by atoms with van der Waals surface area (Å²) in [5, 5.41) is 0.873. The number of benzene rings is 2. The summed E-state index contributed by atoms with van der Waals surface area (Å²) in [6.45, 7) is 0.512. The lowest BCUT2D eigenvalue weighted by molar-refractivity contribution is 0.112. The van der Waals surface area contributed by atoms with Crippen LogP contribution in [0.5, 0.6) is 11.5 Å². The van der Waals surface area contributed by atoms with Crippen molar-refractivity contribution in [2.45, 2.75) is 5.16 Å². The van der Waals surface area contributed by atoms with Gasteiger partial charge in [-0.05, 0) is 30.3 Å². The van der Waals surface area contributed by atoms with E-state index in [4.69, 9.17) is 9.47 Å². The van der Waals surface area contributed by atoms with Crippen molar-refractivity contribution in [3.63, 3.8) is 0 Å². The normalized spacial score (nSPS) is 10.7.